The Morgan fingerprint density at radius 2 is 2.11 bits per heavy atom. The maximum Gasteiger partial charge on any atom is 0.223 e. The Balaban J connectivity index is 2.30. The first kappa shape index (κ1) is 13.6. The molecule has 4 nitrogen and oxygen atoms in total. The number of amides is 1. The highest BCUT2D eigenvalue weighted by Gasteiger charge is 2.16. The Labute approximate surface area is 113 Å². The number of rotatable bonds is 5. The van der Waals surface area contributed by atoms with E-state index in [1.165, 1.54) is 0 Å². The van der Waals surface area contributed by atoms with Crippen LogP contribution in [0, 0.1) is 0 Å². The average Bonchev–Trinajstić information content (AvgIpc) is 2.77. The lowest BCUT2D eigenvalue weighted by molar-refractivity contribution is -0.130. The standard InChI is InChI=1S/C15H20N2O2/c1-3-13-12(10-17(2)15(18)8-9-16)11-6-4-5-7-14(11)19-13/h4-7H,3,8-10,16H2,1-2H3. The van der Waals surface area contributed by atoms with Gasteiger partial charge in [-0.25, -0.2) is 0 Å². The molecule has 2 rings (SSSR count). The summed E-state index contributed by atoms with van der Waals surface area (Å²) in [5.74, 6) is 1.02. The monoisotopic (exact) mass is 260 g/mol. The lowest BCUT2D eigenvalue weighted by Gasteiger charge is -2.16. The molecular formula is C15H20N2O2. The normalized spacial score (nSPS) is 10.9. The summed E-state index contributed by atoms with van der Waals surface area (Å²) in [4.78, 5) is 13.5. The van der Waals surface area contributed by atoms with Crippen molar-refractivity contribution in [3.63, 3.8) is 0 Å². The van der Waals surface area contributed by atoms with Crippen molar-refractivity contribution in [2.45, 2.75) is 26.3 Å². The number of para-hydroxylation sites is 1. The predicted octanol–water partition coefficient (Wildman–Crippen LogP) is 2.30. The first-order valence-electron chi connectivity index (χ1n) is 6.60. The Morgan fingerprint density at radius 3 is 2.79 bits per heavy atom. The van der Waals surface area contributed by atoms with Crippen LogP contribution in [0.3, 0.4) is 0 Å². The topological polar surface area (TPSA) is 59.5 Å². The lowest BCUT2D eigenvalue weighted by atomic mass is 10.1. The molecule has 0 radical (unpaired) electrons. The van der Waals surface area contributed by atoms with Crippen LogP contribution >= 0.6 is 0 Å². The van der Waals surface area contributed by atoms with Gasteiger partial charge in [-0.05, 0) is 6.07 Å². The molecule has 0 aliphatic carbocycles. The number of nitrogens with two attached hydrogens (primary N) is 1. The van der Waals surface area contributed by atoms with Crippen LogP contribution in [0.5, 0.6) is 0 Å². The minimum atomic E-state index is 0.0647. The van der Waals surface area contributed by atoms with Crippen LogP contribution in [0.25, 0.3) is 11.0 Å². The lowest BCUT2D eigenvalue weighted by Crippen LogP contribution is -2.28. The second-order valence-electron chi connectivity index (χ2n) is 4.64. The summed E-state index contributed by atoms with van der Waals surface area (Å²) >= 11 is 0. The maximum absolute atomic E-state index is 11.8. The van der Waals surface area contributed by atoms with Gasteiger partial charge in [0, 0.05) is 43.9 Å². The van der Waals surface area contributed by atoms with Gasteiger partial charge >= 0.3 is 0 Å². The zero-order chi connectivity index (χ0) is 13.8. The summed E-state index contributed by atoms with van der Waals surface area (Å²) in [5.41, 5.74) is 7.41. The number of hydrogen-bond acceptors (Lipinski definition) is 3. The first-order chi connectivity index (χ1) is 9.17. The minimum Gasteiger partial charge on any atom is -0.461 e. The molecular weight excluding hydrogens is 240 g/mol. The van der Waals surface area contributed by atoms with Crippen molar-refractivity contribution in [3.8, 4) is 0 Å². The van der Waals surface area contributed by atoms with Crippen LogP contribution < -0.4 is 5.73 Å². The van der Waals surface area contributed by atoms with E-state index in [0.29, 0.717) is 19.5 Å². The molecule has 0 aliphatic rings. The van der Waals surface area contributed by atoms with E-state index in [4.69, 9.17) is 10.2 Å². The predicted molar refractivity (Wildman–Crippen MR) is 75.7 cm³/mol. The molecule has 1 amide bonds. The van der Waals surface area contributed by atoms with Crippen molar-refractivity contribution in [2.24, 2.45) is 5.73 Å². The molecule has 0 aliphatic heterocycles. The van der Waals surface area contributed by atoms with Crippen LogP contribution in [0.4, 0.5) is 0 Å². The van der Waals surface area contributed by atoms with Crippen molar-refractivity contribution in [3.05, 3.63) is 35.6 Å². The number of hydrogen-bond donors (Lipinski definition) is 1. The van der Waals surface area contributed by atoms with Gasteiger partial charge in [-0.3, -0.25) is 4.79 Å². The summed E-state index contributed by atoms with van der Waals surface area (Å²) in [6.07, 6.45) is 1.21. The maximum atomic E-state index is 11.8. The molecule has 19 heavy (non-hydrogen) atoms. The van der Waals surface area contributed by atoms with Gasteiger partial charge in [-0.2, -0.15) is 0 Å². The summed E-state index contributed by atoms with van der Waals surface area (Å²) in [5, 5.41) is 1.09. The number of carbonyl (C=O) groups is 1. The van der Waals surface area contributed by atoms with E-state index < -0.39 is 0 Å². The Morgan fingerprint density at radius 1 is 1.37 bits per heavy atom. The molecule has 102 valence electrons. The molecule has 0 unspecified atom stereocenters. The highest BCUT2D eigenvalue weighted by atomic mass is 16.3. The van der Waals surface area contributed by atoms with E-state index in [-0.39, 0.29) is 5.91 Å². The molecule has 0 bridgehead atoms. The van der Waals surface area contributed by atoms with Gasteiger partial charge < -0.3 is 15.1 Å². The molecule has 1 heterocycles. The van der Waals surface area contributed by atoms with Crippen molar-refractivity contribution in [1.29, 1.82) is 0 Å². The third-order valence-electron chi connectivity index (χ3n) is 3.28. The second-order valence-corrected chi connectivity index (χ2v) is 4.64. The number of fused-ring (bicyclic) bond motifs is 1. The van der Waals surface area contributed by atoms with Crippen molar-refractivity contribution >= 4 is 16.9 Å². The Bertz CT molecular complexity index is 575. The third kappa shape index (κ3) is 2.79. The molecule has 0 atom stereocenters. The van der Waals surface area contributed by atoms with Crippen molar-refractivity contribution < 1.29 is 9.21 Å². The SMILES string of the molecule is CCc1oc2ccccc2c1CN(C)C(=O)CCN. The second kappa shape index (κ2) is 5.89. The smallest absolute Gasteiger partial charge is 0.223 e. The molecule has 0 spiro atoms. The summed E-state index contributed by atoms with van der Waals surface area (Å²) < 4.78 is 5.83. The molecule has 0 saturated heterocycles. The van der Waals surface area contributed by atoms with Gasteiger partial charge in [-0.15, -0.1) is 0 Å². The van der Waals surface area contributed by atoms with Gasteiger partial charge in [0.15, 0.2) is 0 Å². The van der Waals surface area contributed by atoms with Crippen LogP contribution in [0.2, 0.25) is 0 Å². The van der Waals surface area contributed by atoms with Gasteiger partial charge in [-0.1, -0.05) is 25.1 Å². The van der Waals surface area contributed by atoms with Crippen LogP contribution in [0.1, 0.15) is 24.7 Å². The number of nitrogens with zero attached hydrogens (tertiary/aromatic N) is 1. The molecule has 2 N–H and O–H groups in total. The summed E-state index contributed by atoms with van der Waals surface area (Å²) in [6, 6.07) is 7.94. The van der Waals surface area contributed by atoms with E-state index >= 15 is 0 Å². The van der Waals surface area contributed by atoms with Gasteiger partial charge in [0.1, 0.15) is 11.3 Å². The highest BCUT2D eigenvalue weighted by molar-refractivity contribution is 5.83. The molecule has 1 aromatic carbocycles. The quantitative estimate of drug-likeness (QED) is 0.897. The molecule has 0 saturated carbocycles. The fourth-order valence-corrected chi connectivity index (χ4v) is 2.25. The first-order valence-corrected chi connectivity index (χ1v) is 6.60. The fraction of sp³-hybridized carbons (Fsp3) is 0.400. The summed E-state index contributed by atoms with van der Waals surface area (Å²) in [6.45, 7) is 3.01. The van der Waals surface area contributed by atoms with E-state index in [9.17, 15) is 4.79 Å². The highest BCUT2D eigenvalue weighted by Crippen LogP contribution is 2.27. The number of aryl methyl sites for hydroxylation is 1. The van der Waals surface area contributed by atoms with E-state index in [1.54, 1.807) is 11.9 Å². The molecule has 2 aromatic rings. The van der Waals surface area contributed by atoms with Crippen molar-refractivity contribution in [2.75, 3.05) is 13.6 Å². The average molecular weight is 260 g/mol. The van der Waals surface area contributed by atoms with Gasteiger partial charge in [0.2, 0.25) is 5.91 Å². The van der Waals surface area contributed by atoms with Crippen LogP contribution in [-0.2, 0) is 17.8 Å². The number of benzene rings is 1. The fourth-order valence-electron chi connectivity index (χ4n) is 2.25. The largest absolute Gasteiger partial charge is 0.461 e. The van der Waals surface area contributed by atoms with E-state index in [2.05, 4.69) is 6.92 Å². The third-order valence-corrected chi connectivity index (χ3v) is 3.28. The molecule has 4 heteroatoms. The molecule has 1 aromatic heterocycles. The van der Waals surface area contributed by atoms with Crippen LogP contribution in [0.15, 0.2) is 28.7 Å². The molecule has 0 fully saturated rings. The Hall–Kier alpha value is -1.81. The van der Waals surface area contributed by atoms with Gasteiger partial charge in [0.05, 0.1) is 0 Å². The van der Waals surface area contributed by atoms with Crippen LogP contribution in [-0.4, -0.2) is 24.4 Å². The summed E-state index contributed by atoms with van der Waals surface area (Å²) in [7, 11) is 1.80. The van der Waals surface area contributed by atoms with E-state index in [0.717, 1.165) is 28.7 Å². The zero-order valence-electron chi connectivity index (χ0n) is 11.5. The zero-order valence-corrected chi connectivity index (χ0v) is 11.5. The number of carbonyl (C=O) groups excluding carboxylic acids is 1. The number of furan rings is 1. The van der Waals surface area contributed by atoms with Crippen molar-refractivity contribution in [1.82, 2.24) is 4.90 Å². The van der Waals surface area contributed by atoms with Gasteiger partial charge in [0.25, 0.3) is 0 Å². The Kier molecular flexibility index (Phi) is 4.22. The minimum absolute atomic E-state index is 0.0647. The van der Waals surface area contributed by atoms with E-state index in [1.807, 2.05) is 24.3 Å².